The van der Waals surface area contributed by atoms with Gasteiger partial charge >= 0.3 is 6.18 Å². The van der Waals surface area contributed by atoms with E-state index in [9.17, 15) is 13.2 Å². The Balaban J connectivity index is 2.08. The molecule has 1 atom stereocenters. The molecule has 0 radical (unpaired) electrons. The molecular formula is C13H17F3N2. The molecule has 0 bridgehead atoms. The summed E-state index contributed by atoms with van der Waals surface area (Å²) in [5.41, 5.74) is 4.82. The zero-order chi connectivity index (χ0) is 13.3. The quantitative estimate of drug-likeness (QED) is 0.804. The number of anilines is 2. The lowest BCUT2D eigenvalue weighted by atomic mass is 10.1. The standard InChI is InChI=1S/C13H17F3N2/c1-8(6-9-2-3-9)18-10-4-5-12(17)11(7-10)13(14,15)16/h4-5,7-9,18H,2-3,6,17H2,1H3. The molecule has 1 fully saturated rings. The molecule has 0 saturated heterocycles. The van der Waals surface area contributed by atoms with E-state index in [-0.39, 0.29) is 11.7 Å². The summed E-state index contributed by atoms with van der Waals surface area (Å²) in [7, 11) is 0. The first-order valence-corrected chi connectivity index (χ1v) is 6.09. The van der Waals surface area contributed by atoms with Gasteiger partial charge in [0.25, 0.3) is 0 Å². The van der Waals surface area contributed by atoms with E-state index in [1.54, 1.807) is 6.07 Å². The van der Waals surface area contributed by atoms with Crippen LogP contribution in [0.1, 0.15) is 31.7 Å². The summed E-state index contributed by atoms with van der Waals surface area (Å²) in [6, 6.07) is 4.16. The van der Waals surface area contributed by atoms with Crippen LogP contribution in [0.5, 0.6) is 0 Å². The Morgan fingerprint density at radius 2 is 2.06 bits per heavy atom. The van der Waals surface area contributed by atoms with E-state index in [2.05, 4.69) is 5.32 Å². The molecule has 2 nitrogen and oxygen atoms in total. The molecule has 1 saturated carbocycles. The minimum Gasteiger partial charge on any atom is -0.398 e. The number of alkyl halides is 3. The van der Waals surface area contributed by atoms with Crippen LogP contribution in [0.4, 0.5) is 24.5 Å². The van der Waals surface area contributed by atoms with Crippen LogP contribution in [-0.2, 0) is 6.18 Å². The number of nitrogens with one attached hydrogen (secondary N) is 1. The van der Waals surface area contributed by atoms with Gasteiger partial charge in [0.15, 0.2) is 0 Å². The van der Waals surface area contributed by atoms with E-state index in [4.69, 9.17) is 5.73 Å². The van der Waals surface area contributed by atoms with E-state index >= 15 is 0 Å². The van der Waals surface area contributed by atoms with Crippen molar-refractivity contribution < 1.29 is 13.2 Å². The fraction of sp³-hybridized carbons (Fsp3) is 0.538. The number of halogens is 3. The van der Waals surface area contributed by atoms with Crippen molar-refractivity contribution in [3.8, 4) is 0 Å². The minimum atomic E-state index is -4.40. The van der Waals surface area contributed by atoms with Crippen molar-refractivity contribution in [3.63, 3.8) is 0 Å². The molecule has 1 aromatic rings. The zero-order valence-electron chi connectivity index (χ0n) is 10.2. The monoisotopic (exact) mass is 258 g/mol. The molecule has 1 unspecified atom stereocenters. The van der Waals surface area contributed by atoms with Gasteiger partial charge in [-0.15, -0.1) is 0 Å². The van der Waals surface area contributed by atoms with Crippen molar-refractivity contribution in [2.24, 2.45) is 5.92 Å². The van der Waals surface area contributed by atoms with Gasteiger partial charge in [-0.3, -0.25) is 0 Å². The predicted octanol–water partition coefficient (Wildman–Crippen LogP) is 3.89. The van der Waals surface area contributed by atoms with Crippen LogP contribution in [0, 0.1) is 5.92 Å². The van der Waals surface area contributed by atoms with Crippen molar-refractivity contribution in [1.29, 1.82) is 0 Å². The predicted molar refractivity (Wildman–Crippen MR) is 66.3 cm³/mol. The van der Waals surface area contributed by atoms with Crippen LogP contribution in [0.2, 0.25) is 0 Å². The first-order valence-electron chi connectivity index (χ1n) is 6.09. The lowest BCUT2D eigenvalue weighted by Crippen LogP contribution is -2.17. The number of hydrogen-bond donors (Lipinski definition) is 2. The SMILES string of the molecule is CC(CC1CC1)Nc1ccc(N)c(C(F)(F)F)c1. The van der Waals surface area contributed by atoms with E-state index in [0.29, 0.717) is 5.69 Å². The van der Waals surface area contributed by atoms with Crippen molar-refractivity contribution in [2.75, 3.05) is 11.1 Å². The summed E-state index contributed by atoms with van der Waals surface area (Å²) < 4.78 is 38.0. The number of hydrogen-bond acceptors (Lipinski definition) is 2. The molecule has 5 heteroatoms. The molecule has 1 aliphatic carbocycles. The van der Waals surface area contributed by atoms with Gasteiger partial charge in [0, 0.05) is 17.4 Å². The molecule has 3 N–H and O–H groups in total. The minimum absolute atomic E-state index is 0.183. The molecule has 1 aliphatic rings. The molecule has 0 aliphatic heterocycles. The van der Waals surface area contributed by atoms with Gasteiger partial charge in [-0.05, 0) is 37.5 Å². The van der Waals surface area contributed by atoms with Crippen LogP contribution in [-0.4, -0.2) is 6.04 Å². The molecule has 100 valence electrons. The summed E-state index contributed by atoms with van der Waals surface area (Å²) >= 11 is 0. The van der Waals surface area contributed by atoms with E-state index in [1.807, 2.05) is 6.92 Å². The lowest BCUT2D eigenvalue weighted by Gasteiger charge is -2.17. The maximum absolute atomic E-state index is 12.7. The molecule has 0 amide bonds. The van der Waals surface area contributed by atoms with Crippen LogP contribution in [0.15, 0.2) is 18.2 Å². The Labute approximate surface area is 104 Å². The van der Waals surface area contributed by atoms with Gasteiger partial charge < -0.3 is 11.1 Å². The Hall–Kier alpha value is -1.39. The van der Waals surface area contributed by atoms with Gasteiger partial charge in [-0.2, -0.15) is 13.2 Å². The number of benzene rings is 1. The second-order valence-electron chi connectivity index (χ2n) is 5.02. The van der Waals surface area contributed by atoms with Crippen molar-refractivity contribution in [2.45, 2.75) is 38.4 Å². The highest BCUT2D eigenvalue weighted by molar-refractivity contribution is 5.58. The third-order valence-corrected chi connectivity index (χ3v) is 3.16. The summed E-state index contributed by atoms with van der Waals surface area (Å²) in [5.74, 6) is 0.739. The summed E-state index contributed by atoms with van der Waals surface area (Å²) in [4.78, 5) is 0. The first-order chi connectivity index (χ1) is 8.36. The largest absolute Gasteiger partial charge is 0.418 e. The van der Waals surface area contributed by atoms with Crippen molar-refractivity contribution >= 4 is 11.4 Å². The topological polar surface area (TPSA) is 38.0 Å². The fourth-order valence-corrected chi connectivity index (χ4v) is 2.09. The first kappa shape index (κ1) is 13.1. The molecule has 18 heavy (non-hydrogen) atoms. The lowest BCUT2D eigenvalue weighted by molar-refractivity contribution is -0.136. The number of rotatable bonds is 4. The molecular weight excluding hydrogens is 241 g/mol. The van der Waals surface area contributed by atoms with Gasteiger partial charge in [0.05, 0.1) is 5.56 Å². The molecule has 2 rings (SSSR count). The highest BCUT2D eigenvalue weighted by atomic mass is 19.4. The summed E-state index contributed by atoms with van der Waals surface area (Å²) in [6.45, 7) is 1.99. The number of nitrogen functional groups attached to an aromatic ring is 1. The Kier molecular flexibility index (Phi) is 3.41. The molecule has 0 aromatic heterocycles. The third-order valence-electron chi connectivity index (χ3n) is 3.16. The van der Waals surface area contributed by atoms with Crippen LogP contribution in [0.25, 0.3) is 0 Å². The molecule has 0 heterocycles. The molecule has 1 aromatic carbocycles. The maximum atomic E-state index is 12.7. The smallest absolute Gasteiger partial charge is 0.398 e. The van der Waals surface area contributed by atoms with Crippen LogP contribution < -0.4 is 11.1 Å². The highest BCUT2D eigenvalue weighted by Gasteiger charge is 2.33. The van der Waals surface area contributed by atoms with E-state index in [0.717, 1.165) is 18.4 Å². The van der Waals surface area contributed by atoms with Crippen molar-refractivity contribution in [3.05, 3.63) is 23.8 Å². The van der Waals surface area contributed by atoms with Gasteiger partial charge in [-0.1, -0.05) is 12.8 Å². The Morgan fingerprint density at radius 1 is 1.39 bits per heavy atom. The Morgan fingerprint density at radius 3 is 2.61 bits per heavy atom. The van der Waals surface area contributed by atoms with Gasteiger partial charge in [-0.25, -0.2) is 0 Å². The summed E-state index contributed by atoms with van der Waals surface area (Å²) in [5, 5.41) is 3.10. The van der Waals surface area contributed by atoms with Gasteiger partial charge in [0.2, 0.25) is 0 Å². The van der Waals surface area contributed by atoms with Crippen LogP contribution in [0.3, 0.4) is 0 Å². The summed E-state index contributed by atoms with van der Waals surface area (Å²) in [6.07, 6.45) is -0.920. The maximum Gasteiger partial charge on any atom is 0.418 e. The average molecular weight is 258 g/mol. The Bertz CT molecular complexity index is 425. The fourth-order valence-electron chi connectivity index (χ4n) is 2.09. The average Bonchev–Trinajstić information content (AvgIpc) is 3.03. The zero-order valence-corrected chi connectivity index (χ0v) is 10.2. The third kappa shape index (κ3) is 3.31. The van der Waals surface area contributed by atoms with E-state index < -0.39 is 11.7 Å². The highest BCUT2D eigenvalue weighted by Crippen LogP contribution is 2.36. The van der Waals surface area contributed by atoms with Crippen molar-refractivity contribution in [1.82, 2.24) is 0 Å². The second kappa shape index (κ2) is 4.71. The number of nitrogens with two attached hydrogens (primary N) is 1. The molecule has 0 spiro atoms. The van der Waals surface area contributed by atoms with E-state index in [1.165, 1.54) is 18.9 Å². The normalized spacial score (nSPS) is 17.6. The van der Waals surface area contributed by atoms with Crippen LogP contribution >= 0.6 is 0 Å². The van der Waals surface area contributed by atoms with Gasteiger partial charge in [0.1, 0.15) is 0 Å². The second-order valence-corrected chi connectivity index (χ2v) is 5.02.